The Bertz CT molecular complexity index is 2450. The predicted octanol–water partition coefficient (Wildman–Crippen LogP) is 12.3. The summed E-state index contributed by atoms with van der Waals surface area (Å²) < 4.78 is 0. The second kappa shape index (κ2) is 12.3. The van der Waals surface area contributed by atoms with Crippen molar-refractivity contribution in [3.63, 3.8) is 0 Å². The molecular formula is C45H32N2. The lowest BCUT2D eigenvalue weighted by Gasteiger charge is -2.15. The summed E-state index contributed by atoms with van der Waals surface area (Å²) in [6.07, 6.45) is 5.73. The molecule has 0 fully saturated rings. The van der Waals surface area contributed by atoms with Crippen molar-refractivity contribution in [3.05, 3.63) is 169 Å². The van der Waals surface area contributed by atoms with Crippen LogP contribution >= 0.6 is 0 Å². The standard InChI is InChI=1S/C45H32N2/c1-2-46-29-28-32-13-6-8-16-36(32)41-26-25-37(39-18-10-11-19-40(39)41)33-20-22-34(23-21-33)42-30-44(35-14-4-3-5-15-35)47-43-27-24-31-12-7-9-17-38(31)45(42)43/h2-30H,1H3/b29-28-,46-2?. The number of hydrogen-bond acceptors (Lipinski definition) is 2. The summed E-state index contributed by atoms with van der Waals surface area (Å²) in [6.45, 7) is 1.93. The van der Waals surface area contributed by atoms with Gasteiger partial charge in [-0.25, -0.2) is 4.98 Å². The van der Waals surface area contributed by atoms with Crippen LogP contribution in [0.1, 0.15) is 12.5 Å². The first kappa shape index (κ1) is 28.4. The molecule has 2 nitrogen and oxygen atoms in total. The Labute approximate surface area is 275 Å². The fourth-order valence-corrected chi connectivity index (χ4v) is 6.70. The lowest BCUT2D eigenvalue weighted by atomic mass is 9.89. The fraction of sp³-hybridized carbons (Fsp3) is 0.0222. The molecule has 0 saturated carbocycles. The van der Waals surface area contributed by atoms with E-state index in [2.05, 4.69) is 163 Å². The van der Waals surface area contributed by atoms with Gasteiger partial charge in [0.1, 0.15) is 0 Å². The molecule has 0 bridgehead atoms. The van der Waals surface area contributed by atoms with Gasteiger partial charge in [-0.05, 0) is 85.6 Å². The number of nitrogens with zero attached hydrogens (tertiary/aromatic N) is 2. The third-order valence-electron chi connectivity index (χ3n) is 8.94. The molecule has 0 unspecified atom stereocenters. The lowest BCUT2D eigenvalue weighted by molar-refractivity contribution is 1.40. The summed E-state index contributed by atoms with van der Waals surface area (Å²) in [7, 11) is 0. The topological polar surface area (TPSA) is 25.2 Å². The van der Waals surface area contributed by atoms with E-state index in [1.54, 1.807) is 6.21 Å². The smallest absolute Gasteiger partial charge is 0.0722 e. The first-order valence-electron chi connectivity index (χ1n) is 16.0. The maximum atomic E-state index is 5.13. The Morgan fingerprint density at radius 1 is 0.489 bits per heavy atom. The van der Waals surface area contributed by atoms with Crippen molar-refractivity contribution in [1.29, 1.82) is 0 Å². The van der Waals surface area contributed by atoms with Gasteiger partial charge in [0.25, 0.3) is 0 Å². The molecule has 0 N–H and O–H groups in total. The third kappa shape index (κ3) is 5.30. The van der Waals surface area contributed by atoms with E-state index in [0.29, 0.717) is 0 Å². The molecule has 8 rings (SSSR count). The van der Waals surface area contributed by atoms with Gasteiger partial charge < -0.3 is 0 Å². The van der Waals surface area contributed by atoms with Crippen LogP contribution in [0.25, 0.3) is 83.2 Å². The zero-order chi connectivity index (χ0) is 31.6. The molecule has 0 amide bonds. The predicted molar refractivity (Wildman–Crippen MR) is 202 cm³/mol. The number of hydrogen-bond donors (Lipinski definition) is 0. The van der Waals surface area contributed by atoms with E-state index in [-0.39, 0.29) is 0 Å². The van der Waals surface area contributed by atoms with Crippen LogP contribution in [0.5, 0.6) is 0 Å². The molecule has 0 radical (unpaired) electrons. The van der Waals surface area contributed by atoms with Crippen molar-refractivity contribution in [2.24, 2.45) is 4.99 Å². The minimum atomic E-state index is 0.977. The number of pyridine rings is 1. The van der Waals surface area contributed by atoms with Crippen molar-refractivity contribution >= 4 is 44.7 Å². The largest absolute Gasteiger partial charge is 0.269 e. The molecule has 2 heteroatoms. The average molecular weight is 601 g/mol. The summed E-state index contributed by atoms with van der Waals surface area (Å²) in [4.78, 5) is 9.42. The molecular weight excluding hydrogens is 569 g/mol. The molecule has 0 aliphatic rings. The van der Waals surface area contributed by atoms with Gasteiger partial charge in [-0.15, -0.1) is 0 Å². The van der Waals surface area contributed by atoms with Crippen molar-refractivity contribution in [1.82, 2.24) is 4.98 Å². The molecule has 0 atom stereocenters. The van der Waals surface area contributed by atoms with E-state index in [1.807, 2.05) is 19.2 Å². The Morgan fingerprint density at radius 3 is 1.91 bits per heavy atom. The summed E-state index contributed by atoms with van der Waals surface area (Å²) in [5.41, 5.74) is 11.4. The Morgan fingerprint density at radius 2 is 1.13 bits per heavy atom. The van der Waals surface area contributed by atoms with Crippen LogP contribution in [0.3, 0.4) is 0 Å². The van der Waals surface area contributed by atoms with Crippen LogP contribution in [0.4, 0.5) is 0 Å². The zero-order valence-corrected chi connectivity index (χ0v) is 26.1. The minimum Gasteiger partial charge on any atom is -0.269 e. The molecule has 1 aromatic heterocycles. The summed E-state index contributed by atoms with van der Waals surface area (Å²) in [5, 5.41) is 6.08. The Hall–Kier alpha value is -6.12. The van der Waals surface area contributed by atoms with Gasteiger partial charge in [0.2, 0.25) is 0 Å². The van der Waals surface area contributed by atoms with E-state index in [9.17, 15) is 0 Å². The molecule has 0 saturated heterocycles. The van der Waals surface area contributed by atoms with Gasteiger partial charge in [-0.3, -0.25) is 4.99 Å². The lowest BCUT2D eigenvalue weighted by Crippen LogP contribution is -1.92. The summed E-state index contributed by atoms with van der Waals surface area (Å²) in [5.74, 6) is 0. The minimum absolute atomic E-state index is 0.977. The zero-order valence-electron chi connectivity index (χ0n) is 26.1. The second-order valence-electron chi connectivity index (χ2n) is 11.7. The van der Waals surface area contributed by atoms with E-state index < -0.39 is 0 Å². The van der Waals surface area contributed by atoms with Crippen LogP contribution in [-0.4, -0.2) is 11.2 Å². The quantitative estimate of drug-likeness (QED) is 0.138. The van der Waals surface area contributed by atoms with Crippen LogP contribution in [-0.2, 0) is 0 Å². The van der Waals surface area contributed by atoms with Crippen LogP contribution < -0.4 is 0 Å². The van der Waals surface area contributed by atoms with Gasteiger partial charge in [0.15, 0.2) is 0 Å². The van der Waals surface area contributed by atoms with Crippen molar-refractivity contribution in [2.75, 3.05) is 0 Å². The monoisotopic (exact) mass is 600 g/mol. The molecule has 0 aliphatic heterocycles. The molecule has 47 heavy (non-hydrogen) atoms. The first-order chi connectivity index (χ1) is 23.3. The molecule has 0 spiro atoms. The van der Waals surface area contributed by atoms with Crippen LogP contribution in [0.15, 0.2) is 169 Å². The van der Waals surface area contributed by atoms with E-state index >= 15 is 0 Å². The fourth-order valence-electron chi connectivity index (χ4n) is 6.70. The molecule has 222 valence electrons. The van der Waals surface area contributed by atoms with E-state index in [0.717, 1.165) is 22.3 Å². The Kier molecular flexibility index (Phi) is 7.45. The summed E-state index contributed by atoms with van der Waals surface area (Å²) >= 11 is 0. The summed E-state index contributed by atoms with van der Waals surface area (Å²) in [6, 6.07) is 56.4. The number of rotatable bonds is 6. The van der Waals surface area contributed by atoms with E-state index in [4.69, 9.17) is 4.98 Å². The maximum absolute atomic E-state index is 5.13. The van der Waals surface area contributed by atoms with Gasteiger partial charge >= 0.3 is 0 Å². The number of aromatic nitrogens is 1. The van der Waals surface area contributed by atoms with Gasteiger partial charge in [-0.1, -0.05) is 146 Å². The third-order valence-corrected chi connectivity index (χ3v) is 8.94. The second-order valence-corrected chi connectivity index (χ2v) is 11.7. The first-order valence-corrected chi connectivity index (χ1v) is 16.0. The number of benzene rings is 7. The maximum Gasteiger partial charge on any atom is 0.0722 e. The molecule has 8 aromatic rings. The van der Waals surface area contributed by atoms with Gasteiger partial charge in [-0.2, -0.15) is 0 Å². The van der Waals surface area contributed by atoms with Crippen molar-refractivity contribution in [3.8, 4) is 44.6 Å². The average Bonchev–Trinajstić information content (AvgIpc) is 3.14. The SMILES string of the molecule is CC=N/C=C\c1ccccc1-c1ccc(-c2ccc(-c3cc(-c4ccccc4)nc4ccc5ccccc5c34)cc2)c2ccccc12. The highest BCUT2D eigenvalue weighted by Crippen LogP contribution is 2.40. The van der Waals surface area contributed by atoms with Gasteiger partial charge in [0, 0.05) is 23.4 Å². The highest BCUT2D eigenvalue weighted by Gasteiger charge is 2.15. The number of fused-ring (bicyclic) bond motifs is 4. The number of aliphatic imine (C=N–C) groups is 1. The van der Waals surface area contributed by atoms with Crippen molar-refractivity contribution in [2.45, 2.75) is 6.92 Å². The molecule has 7 aromatic carbocycles. The van der Waals surface area contributed by atoms with E-state index in [1.165, 1.54) is 60.3 Å². The Balaban J connectivity index is 1.26. The normalized spacial score (nSPS) is 11.8. The highest BCUT2D eigenvalue weighted by atomic mass is 14.7. The highest BCUT2D eigenvalue weighted by molar-refractivity contribution is 6.14. The molecule has 0 aliphatic carbocycles. The van der Waals surface area contributed by atoms with Crippen LogP contribution in [0, 0.1) is 0 Å². The van der Waals surface area contributed by atoms with Crippen molar-refractivity contribution < 1.29 is 0 Å². The van der Waals surface area contributed by atoms with Gasteiger partial charge in [0.05, 0.1) is 11.2 Å². The van der Waals surface area contributed by atoms with Crippen LogP contribution in [0.2, 0.25) is 0 Å². The molecule has 1 heterocycles.